The van der Waals surface area contributed by atoms with Crippen LogP contribution in [0.2, 0.25) is 0 Å². The van der Waals surface area contributed by atoms with E-state index in [9.17, 15) is 4.39 Å². The highest BCUT2D eigenvalue weighted by Gasteiger charge is 2.09. The number of thiophene rings is 1. The molecule has 3 heteroatoms. The molecule has 1 atom stereocenters. The van der Waals surface area contributed by atoms with Gasteiger partial charge in [-0.05, 0) is 23.8 Å². The summed E-state index contributed by atoms with van der Waals surface area (Å²) < 4.78 is 18.5. The van der Waals surface area contributed by atoms with Crippen molar-refractivity contribution in [1.29, 1.82) is 0 Å². The molecule has 1 nitrogen and oxygen atoms in total. The van der Waals surface area contributed by atoms with Crippen LogP contribution in [-0.2, 0) is 0 Å². The van der Waals surface area contributed by atoms with E-state index in [2.05, 4.69) is 13.8 Å². The third-order valence-corrected chi connectivity index (χ3v) is 3.28. The van der Waals surface area contributed by atoms with Gasteiger partial charge in [0.2, 0.25) is 5.13 Å². The topological polar surface area (TPSA) is 9.23 Å². The van der Waals surface area contributed by atoms with Gasteiger partial charge in [-0.2, -0.15) is 4.39 Å². The van der Waals surface area contributed by atoms with Crippen LogP contribution in [0.1, 0.15) is 39.5 Å². The Bertz CT molecular complexity index is 272. The SMILES string of the molecule is CCCCC(CC)COc1ccsc1F. The lowest BCUT2D eigenvalue weighted by atomic mass is 10.0. The molecular formula is C12H19FOS. The van der Waals surface area contributed by atoms with Crippen LogP contribution >= 0.6 is 11.3 Å². The molecule has 0 aliphatic rings. The second-order valence-electron chi connectivity index (χ2n) is 3.79. The molecule has 1 aromatic rings. The number of rotatable bonds is 7. The van der Waals surface area contributed by atoms with Crippen LogP contribution in [0.5, 0.6) is 5.75 Å². The fourth-order valence-electron chi connectivity index (χ4n) is 1.49. The summed E-state index contributed by atoms with van der Waals surface area (Å²) in [5.41, 5.74) is 0. The Balaban J connectivity index is 2.31. The number of unbranched alkanes of at least 4 members (excludes halogenated alkanes) is 1. The van der Waals surface area contributed by atoms with Gasteiger partial charge in [-0.15, -0.1) is 11.3 Å². The van der Waals surface area contributed by atoms with Crippen molar-refractivity contribution in [2.75, 3.05) is 6.61 Å². The number of ether oxygens (including phenoxy) is 1. The maximum atomic E-state index is 13.0. The van der Waals surface area contributed by atoms with E-state index in [-0.39, 0.29) is 5.13 Å². The van der Waals surface area contributed by atoms with E-state index in [1.807, 2.05) is 0 Å². The van der Waals surface area contributed by atoms with Gasteiger partial charge in [0.25, 0.3) is 0 Å². The van der Waals surface area contributed by atoms with Gasteiger partial charge in [-0.1, -0.05) is 33.1 Å². The normalized spacial score (nSPS) is 12.7. The first kappa shape index (κ1) is 12.5. The van der Waals surface area contributed by atoms with E-state index < -0.39 is 0 Å². The van der Waals surface area contributed by atoms with E-state index in [4.69, 9.17) is 4.74 Å². The average molecular weight is 230 g/mol. The summed E-state index contributed by atoms with van der Waals surface area (Å²) in [5, 5.41) is 1.51. The molecule has 0 saturated heterocycles. The second kappa shape index (κ2) is 6.83. The van der Waals surface area contributed by atoms with E-state index in [1.54, 1.807) is 11.4 Å². The summed E-state index contributed by atoms with van der Waals surface area (Å²) in [6, 6.07) is 1.70. The van der Waals surface area contributed by atoms with Crippen molar-refractivity contribution >= 4 is 11.3 Å². The zero-order valence-corrected chi connectivity index (χ0v) is 10.3. The molecule has 86 valence electrons. The monoisotopic (exact) mass is 230 g/mol. The Morgan fingerprint density at radius 1 is 1.47 bits per heavy atom. The van der Waals surface area contributed by atoms with Crippen LogP contribution in [0.3, 0.4) is 0 Å². The number of halogens is 1. The molecule has 0 fully saturated rings. The Labute approximate surface area is 95.3 Å². The van der Waals surface area contributed by atoms with Gasteiger partial charge in [0, 0.05) is 0 Å². The Morgan fingerprint density at radius 2 is 2.27 bits per heavy atom. The predicted molar refractivity (Wildman–Crippen MR) is 63.1 cm³/mol. The first-order valence-electron chi connectivity index (χ1n) is 5.63. The standard InChI is InChI=1S/C12H19FOS/c1-3-5-6-10(4-2)9-14-11-7-8-15-12(11)13/h7-8,10H,3-6,9H2,1-2H3. The van der Waals surface area contributed by atoms with Crippen molar-refractivity contribution in [2.24, 2.45) is 5.92 Å². The maximum absolute atomic E-state index is 13.0. The minimum Gasteiger partial charge on any atom is -0.489 e. The Hall–Kier alpha value is -0.570. The molecule has 0 aliphatic heterocycles. The van der Waals surface area contributed by atoms with Crippen LogP contribution in [0, 0.1) is 11.0 Å². The van der Waals surface area contributed by atoms with Crippen LogP contribution in [0.15, 0.2) is 11.4 Å². The fourth-order valence-corrected chi connectivity index (χ4v) is 2.04. The average Bonchev–Trinajstić information content (AvgIpc) is 2.65. The predicted octanol–water partition coefficient (Wildman–Crippen LogP) is 4.48. The van der Waals surface area contributed by atoms with Crippen molar-refractivity contribution in [1.82, 2.24) is 0 Å². The lowest BCUT2D eigenvalue weighted by Gasteiger charge is -2.14. The summed E-state index contributed by atoms with van der Waals surface area (Å²) >= 11 is 1.09. The Kier molecular flexibility index (Phi) is 5.69. The summed E-state index contributed by atoms with van der Waals surface area (Å²) in [5.74, 6) is 0.971. The largest absolute Gasteiger partial charge is 0.489 e. The van der Waals surface area contributed by atoms with Crippen LogP contribution in [0.25, 0.3) is 0 Å². The van der Waals surface area contributed by atoms with Crippen LogP contribution in [0.4, 0.5) is 4.39 Å². The van der Waals surface area contributed by atoms with Crippen molar-refractivity contribution in [3.05, 3.63) is 16.6 Å². The van der Waals surface area contributed by atoms with Gasteiger partial charge in [0.15, 0.2) is 5.75 Å². The molecule has 0 saturated carbocycles. The lowest BCUT2D eigenvalue weighted by molar-refractivity contribution is 0.227. The summed E-state index contributed by atoms with van der Waals surface area (Å²) in [4.78, 5) is 0. The molecule has 1 unspecified atom stereocenters. The molecule has 0 aliphatic carbocycles. The molecule has 1 aromatic heterocycles. The number of hydrogen-bond acceptors (Lipinski definition) is 2. The van der Waals surface area contributed by atoms with Gasteiger partial charge < -0.3 is 4.74 Å². The summed E-state index contributed by atoms with van der Waals surface area (Å²) in [7, 11) is 0. The van der Waals surface area contributed by atoms with Crippen molar-refractivity contribution in [2.45, 2.75) is 39.5 Å². The molecule has 1 rings (SSSR count). The zero-order chi connectivity index (χ0) is 11.1. The van der Waals surface area contributed by atoms with Crippen LogP contribution < -0.4 is 4.74 Å². The van der Waals surface area contributed by atoms with Crippen LogP contribution in [-0.4, -0.2) is 6.61 Å². The highest BCUT2D eigenvalue weighted by Crippen LogP contribution is 2.23. The molecule has 1 heterocycles. The van der Waals surface area contributed by atoms with Gasteiger partial charge in [-0.3, -0.25) is 0 Å². The van der Waals surface area contributed by atoms with Crippen molar-refractivity contribution in [3.63, 3.8) is 0 Å². The molecule has 15 heavy (non-hydrogen) atoms. The lowest BCUT2D eigenvalue weighted by Crippen LogP contribution is -2.11. The van der Waals surface area contributed by atoms with E-state index in [1.165, 1.54) is 19.3 Å². The maximum Gasteiger partial charge on any atom is 0.218 e. The second-order valence-corrected chi connectivity index (χ2v) is 4.65. The van der Waals surface area contributed by atoms with Gasteiger partial charge in [0.1, 0.15) is 0 Å². The molecular weight excluding hydrogens is 211 g/mol. The van der Waals surface area contributed by atoms with Gasteiger partial charge in [-0.25, -0.2) is 0 Å². The molecule has 0 amide bonds. The van der Waals surface area contributed by atoms with E-state index in [0.717, 1.165) is 17.8 Å². The molecule has 0 radical (unpaired) electrons. The minimum atomic E-state index is -0.208. The molecule has 0 aromatic carbocycles. The van der Waals surface area contributed by atoms with Gasteiger partial charge in [0.05, 0.1) is 6.61 Å². The highest BCUT2D eigenvalue weighted by molar-refractivity contribution is 7.08. The third kappa shape index (κ3) is 4.20. The first-order chi connectivity index (χ1) is 7.27. The zero-order valence-electron chi connectivity index (χ0n) is 9.46. The minimum absolute atomic E-state index is 0.208. The van der Waals surface area contributed by atoms with Crippen molar-refractivity contribution < 1.29 is 9.13 Å². The highest BCUT2D eigenvalue weighted by atomic mass is 32.1. The van der Waals surface area contributed by atoms with Crippen molar-refractivity contribution in [3.8, 4) is 5.75 Å². The molecule has 0 spiro atoms. The summed E-state index contributed by atoms with van der Waals surface area (Å²) in [6.45, 7) is 4.99. The van der Waals surface area contributed by atoms with Gasteiger partial charge >= 0.3 is 0 Å². The quantitative estimate of drug-likeness (QED) is 0.671. The first-order valence-corrected chi connectivity index (χ1v) is 6.51. The number of hydrogen-bond donors (Lipinski definition) is 0. The summed E-state index contributed by atoms with van der Waals surface area (Å²) in [6.07, 6.45) is 4.72. The molecule has 0 bridgehead atoms. The smallest absolute Gasteiger partial charge is 0.218 e. The third-order valence-electron chi connectivity index (χ3n) is 2.60. The molecule has 0 N–H and O–H groups in total. The van der Waals surface area contributed by atoms with E-state index in [0.29, 0.717) is 18.3 Å². The Morgan fingerprint density at radius 3 is 2.80 bits per heavy atom. The fraction of sp³-hybridized carbons (Fsp3) is 0.667. The van der Waals surface area contributed by atoms with E-state index >= 15 is 0 Å².